The van der Waals surface area contributed by atoms with Crippen LogP contribution in [0.1, 0.15) is 16.8 Å². The Morgan fingerprint density at radius 2 is 1.85 bits per heavy atom. The van der Waals surface area contributed by atoms with Gasteiger partial charge in [-0.15, -0.1) is 5.10 Å². The molecule has 1 rings (SSSR count). The molecule has 4 nitrogen and oxygen atoms in total. The summed E-state index contributed by atoms with van der Waals surface area (Å²) in [6.07, 6.45) is 0. The molecule has 0 aliphatic heterocycles. The van der Waals surface area contributed by atoms with Crippen LogP contribution in [0.3, 0.4) is 0 Å². The topological polar surface area (TPSA) is 55.0 Å². The zero-order valence-corrected chi connectivity index (χ0v) is 8.63. The Kier molecular flexibility index (Phi) is 2.83. The number of nitrogens with two attached hydrogens (primary N) is 1. The molecule has 0 bridgehead atoms. The first-order chi connectivity index (χ1) is 6.07. The summed E-state index contributed by atoms with van der Waals surface area (Å²) in [6.45, 7) is 4.48. The van der Waals surface area contributed by atoms with E-state index in [9.17, 15) is 0 Å². The molecular weight excluding hydrogens is 164 g/mol. The molecule has 1 aromatic heterocycles. The molecule has 0 spiro atoms. The zero-order chi connectivity index (χ0) is 10.0. The van der Waals surface area contributed by atoms with Crippen LogP contribution in [0.2, 0.25) is 0 Å². The first-order valence-corrected chi connectivity index (χ1v) is 4.28. The third-order valence-corrected chi connectivity index (χ3v) is 2.19. The molecule has 0 aromatic carbocycles. The van der Waals surface area contributed by atoms with Crippen LogP contribution in [0.5, 0.6) is 0 Å². The molecule has 1 aromatic rings. The number of hydrogen-bond acceptors (Lipinski definition) is 4. The highest BCUT2D eigenvalue weighted by atomic mass is 15.2. The van der Waals surface area contributed by atoms with Crippen LogP contribution >= 0.6 is 0 Å². The Bertz CT molecular complexity index is 307. The van der Waals surface area contributed by atoms with Gasteiger partial charge < -0.3 is 10.6 Å². The van der Waals surface area contributed by atoms with Crippen LogP contribution in [0.25, 0.3) is 0 Å². The lowest BCUT2D eigenvalue weighted by Gasteiger charge is -2.16. The van der Waals surface area contributed by atoms with Crippen molar-refractivity contribution < 1.29 is 0 Å². The van der Waals surface area contributed by atoms with Crippen molar-refractivity contribution in [3.63, 3.8) is 0 Å². The smallest absolute Gasteiger partial charge is 0.155 e. The van der Waals surface area contributed by atoms with Crippen molar-refractivity contribution in [3.05, 3.63) is 16.8 Å². The number of nitrogens with zero attached hydrogens (tertiary/aromatic N) is 3. The average molecular weight is 180 g/mol. The number of anilines is 1. The SMILES string of the molecule is Cc1nnc(N(C)C)c(CN)c1C. The van der Waals surface area contributed by atoms with Crippen LogP contribution in [0.4, 0.5) is 5.82 Å². The molecule has 0 atom stereocenters. The minimum absolute atomic E-state index is 0.510. The quantitative estimate of drug-likeness (QED) is 0.724. The summed E-state index contributed by atoms with van der Waals surface area (Å²) in [5, 5.41) is 8.17. The molecule has 0 fully saturated rings. The number of rotatable bonds is 2. The second kappa shape index (κ2) is 3.70. The van der Waals surface area contributed by atoms with E-state index in [0.29, 0.717) is 6.54 Å². The summed E-state index contributed by atoms with van der Waals surface area (Å²) in [7, 11) is 3.88. The van der Waals surface area contributed by atoms with Gasteiger partial charge in [0.25, 0.3) is 0 Å². The van der Waals surface area contributed by atoms with Crippen molar-refractivity contribution in [1.29, 1.82) is 0 Å². The first kappa shape index (κ1) is 9.92. The highest BCUT2D eigenvalue weighted by Crippen LogP contribution is 2.19. The van der Waals surface area contributed by atoms with Gasteiger partial charge in [-0.1, -0.05) is 0 Å². The zero-order valence-electron chi connectivity index (χ0n) is 8.63. The third kappa shape index (κ3) is 1.78. The van der Waals surface area contributed by atoms with Crippen molar-refractivity contribution in [3.8, 4) is 0 Å². The first-order valence-electron chi connectivity index (χ1n) is 4.28. The summed E-state index contributed by atoms with van der Waals surface area (Å²) in [5.74, 6) is 0.866. The molecule has 0 amide bonds. The summed E-state index contributed by atoms with van der Waals surface area (Å²) in [4.78, 5) is 1.93. The summed E-state index contributed by atoms with van der Waals surface area (Å²) < 4.78 is 0. The maximum atomic E-state index is 5.66. The molecule has 0 saturated heterocycles. The van der Waals surface area contributed by atoms with E-state index in [1.54, 1.807) is 0 Å². The summed E-state index contributed by atoms with van der Waals surface area (Å²) in [6, 6.07) is 0. The summed E-state index contributed by atoms with van der Waals surface area (Å²) in [5.41, 5.74) is 8.83. The average Bonchev–Trinajstić information content (AvgIpc) is 2.09. The predicted octanol–water partition coefficient (Wildman–Crippen LogP) is 0.618. The van der Waals surface area contributed by atoms with E-state index in [1.807, 2.05) is 32.8 Å². The fourth-order valence-corrected chi connectivity index (χ4v) is 1.25. The van der Waals surface area contributed by atoms with Gasteiger partial charge in [0.15, 0.2) is 5.82 Å². The molecule has 0 aliphatic rings. The highest BCUT2D eigenvalue weighted by molar-refractivity contribution is 5.49. The number of aromatic nitrogens is 2. The second-order valence-electron chi connectivity index (χ2n) is 3.31. The predicted molar refractivity (Wildman–Crippen MR) is 53.7 cm³/mol. The Hall–Kier alpha value is -1.16. The monoisotopic (exact) mass is 180 g/mol. The maximum Gasteiger partial charge on any atom is 0.155 e. The Morgan fingerprint density at radius 3 is 2.31 bits per heavy atom. The minimum Gasteiger partial charge on any atom is -0.361 e. The molecular formula is C9H16N4. The molecule has 0 unspecified atom stereocenters. The van der Waals surface area contributed by atoms with Gasteiger partial charge in [-0.3, -0.25) is 0 Å². The van der Waals surface area contributed by atoms with Gasteiger partial charge in [0.1, 0.15) is 0 Å². The van der Waals surface area contributed by atoms with E-state index in [1.165, 1.54) is 0 Å². The van der Waals surface area contributed by atoms with Crippen molar-refractivity contribution in [2.24, 2.45) is 5.73 Å². The van der Waals surface area contributed by atoms with Crippen LogP contribution < -0.4 is 10.6 Å². The molecule has 1 heterocycles. The van der Waals surface area contributed by atoms with Crippen molar-refractivity contribution in [1.82, 2.24) is 10.2 Å². The lowest BCUT2D eigenvalue weighted by molar-refractivity contribution is 0.876. The molecule has 13 heavy (non-hydrogen) atoms. The van der Waals surface area contributed by atoms with Crippen molar-refractivity contribution >= 4 is 5.82 Å². The van der Waals surface area contributed by atoms with E-state index in [4.69, 9.17) is 5.73 Å². The fraction of sp³-hybridized carbons (Fsp3) is 0.556. The third-order valence-electron chi connectivity index (χ3n) is 2.19. The van der Waals surface area contributed by atoms with Crippen molar-refractivity contribution in [2.75, 3.05) is 19.0 Å². The van der Waals surface area contributed by atoms with Crippen LogP contribution in [-0.2, 0) is 6.54 Å². The van der Waals surface area contributed by atoms with Gasteiger partial charge >= 0.3 is 0 Å². The van der Waals surface area contributed by atoms with E-state index in [-0.39, 0.29) is 0 Å². The van der Waals surface area contributed by atoms with Crippen molar-refractivity contribution in [2.45, 2.75) is 20.4 Å². The fourth-order valence-electron chi connectivity index (χ4n) is 1.25. The Balaban J connectivity index is 3.30. The van der Waals surface area contributed by atoms with E-state index < -0.39 is 0 Å². The van der Waals surface area contributed by atoms with Crippen LogP contribution in [-0.4, -0.2) is 24.3 Å². The van der Waals surface area contributed by atoms with Gasteiger partial charge in [-0.25, -0.2) is 0 Å². The lowest BCUT2D eigenvalue weighted by Crippen LogP contribution is -2.17. The summed E-state index contributed by atoms with van der Waals surface area (Å²) >= 11 is 0. The van der Waals surface area contributed by atoms with Gasteiger partial charge in [0.2, 0.25) is 0 Å². The molecule has 72 valence electrons. The van der Waals surface area contributed by atoms with E-state index >= 15 is 0 Å². The minimum atomic E-state index is 0.510. The molecule has 0 aliphatic carbocycles. The maximum absolute atomic E-state index is 5.66. The second-order valence-corrected chi connectivity index (χ2v) is 3.31. The highest BCUT2D eigenvalue weighted by Gasteiger charge is 2.10. The Labute approximate surface area is 78.8 Å². The normalized spacial score (nSPS) is 10.2. The van der Waals surface area contributed by atoms with Crippen LogP contribution in [0, 0.1) is 13.8 Å². The van der Waals surface area contributed by atoms with Crippen LogP contribution in [0.15, 0.2) is 0 Å². The van der Waals surface area contributed by atoms with E-state index in [2.05, 4.69) is 10.2 Å². The standard InChI is InChI=1S/C9H16N4/c1-6-7(2)11-12-9(13(3)4)8(6)5-10/h5,10H2,1-4H3. The number of hydrogen-bond donors (Lipinski definition) is 1. The van der Waals surface area contributed by atoms with Gasteiger partial charge in [0.05, 0.1) is 5.69 Å². The lowest BCUT2D eigenvalue weighted by atomic mass is 10.1. The molecule has 0 radical (unpaired) electrons. The van der Waals surface area contributed by atoms with Gasteiger partial charge in [0, 0.05) is 26.2 Å². The molecule has 2 N–H and O–H groups in total. The molecule has 0 saturated carbocycles. The van der Waals surface area contributed by atoms with Gasteiger partial charge in [-0.05, 0) is 19.4 Å². The molecule has 4 heteroatoms. The van der Waals surface area contributed by atoms with Gasteiger partial charge in [-0.2, -0.15) is 5.10 Å². The van der Waals surface area contributed by atoms with E-state index in [0.717, 1.165) is 22.6 Å². The largest absolute Gasteiger partial charge is 0.361 e. The Morgan fingerprint density at radius 1 is 1.23 bits per heavy atom. The number of aryl methyl sites for hydroxylation is 1.